The van der Waals surface area contributed by atoms with Crippen LogP contribution in [-0.4, -0.2) is 49.1 Å². The molecule has 0 heterocycles. The number of aromatic hydroxyl groups is 2. The topological polar surface area (TPSA) is 97.7 Å². The molecule has 1 aromatic carbocycles. The maximum absolute atomic E-state index is 10.6. The Morgan fingerprint density at radius 3 is 2.37 bits per heavy atom. The first kappa shape index (κ1) is 15.7. The van der Waals surface area contributed by atoms with Crippen molar-refractivity contribution < 1.29 is 23.2 Å². The van der Waals surface area contributed by atoms with Gasteiger partial charge in [0.05, 0.1) is 30.3 Å². The quantitative estimate of drug-likeness (QED) is 0.462. The summed E-state index contributed by atoms with van der Waals surface area (Å²) in [4.78, 5) is 0. The second-order valence-electron chi connectivity index (χ2n) is 4.72. The molecule has 1 rings (SSSR count). The molecule has 0 bridgehead atoms. The molecule has 2 N–H and O–H groups in total. The normalized spacial score (nSPS) is 15.1. The highest BCUT2D eigenvalue weighted by Crippen LogP contribution is 2.32. The molecule has 0 aromatic heterocycles. The van der Waals surface area contributed by atoms with Crippen molar-refractivity contribution in [2.45, 2.75) is 13.3 Å². The molecule has 0 saturated carbocycles. The Labute approximate surface area is 113 Å². The van der Waals surface area contributed by atoms with E-state index in [2.05, 4.69) is 0 Å². The van der Waals surface area contributed by atoms with Crippen LogP contribution in [0.3, 0.4) is 0 Å². The Bertz CT molecular complexity index is 543. The highest BCUT2D eigenvalue weighted by molar-refractivity contribution is 7.85. The fourth-order valence-electron chi connectivity index (χ4n) is 1.91. The number of benzene rings is 1. The molecule has 19 heavy (non-hydrogen) atoms. The molecule has 1 unspecified atom stereocenters. The lowest BCUT2D eigenvalue weighted by Crippen LogP contribution is -2.46. The molecule has 6 nitrogen and oxygen atoms in total. The van der Waals surface area contributed by atoms with Gasteiger partial charge in [0.25, 0.3) is 0 Å². The van der Waals surface area contributed by atoms with E-state index in [4.69, 9.17) is 0 Å². The summed E-state index contributed by atoms with van der Waals surface area (Å²) in [6.45, 7) is 3.06. The second kappa shape index (κ2) is 5.77. The number of hydrogen-bond acceptors (Lipinski definition) is 5. The number of hydrogen-bond donors (Lipinski definition) is 2. The van der Waals surface area contributed by atoms with Gasteiger partial charge in [-0.05, 0) is 13.0 Å². The molecule has 0 aliphatic heterocycles. The van der Waals surface area contributed by atoms with Gasteiger partial charge in [0.2, 0.25) is 0 Å². The smallest absolute Gasteiger partial charge is 0.163 e. The van der Waals surface area contributed by atoms with Crippen LogP contribution in [0.25, 0.3) is 0 Å². The van der Waals surface area contributed by atoms with Crippen molar-refractivity contribution in [1.82, 2.24) is 4.48 Å². The zero-order valence-corrected chi connectivity index (χ0v) is 11.9. The number of rotatable bonds is 6. The third kappa shape index (κ3) is 4.38. The van der Waals surface area contributed by atoms with Crippen LogP contribution < -0.4 is 4.48 Å². The zero-order valence-electron chi connectivity index (χ0n) is 11.0. The summed E-state index contributed by atoms with van der Waals surface area (Å²) in [5.74, 6) is -0.814. The molecule has 1 atom stereocenters. The summed E-state index contributed by atoms with van der Waals surface area (Å²) in [5.41, 5.74) is 0.751. The van der Waals surface area contributed by atoms with Crippen molar-refractivity contribution in [3.05, 3.63) is 18.2 Å². The molecule has 1 aromatic rings. The minimum Gasteiger partial charge on any atom is -0.748 e. The van der Waals surface area contributed by atoms with Crippen LogP contribution in [-0.2, 0) is 10.1 Å². The minimum atomic E-state index is -4.20. The van der Waals surface area contributed by atoms with E-state index in [0.717, 1.165) is 5.69 Å². The summed E-state index contributed by atoms with van der Waals surface area (Å²) < 4.78 is 32.2. The van der Waals surface area contributed by atoms with Gasteiger partial charge in [0.15, 0.2) is 11.5 Å². The summed E-state index contributed by atoms with van der Waals surface area (Å²) in [6.07, 6.45) is 0.248. The molecule has 0 saturated heterocycles. The zero-order chi connectivity index (χ0) is 14.7. The van der Waals surface area contributed by atoms with E-state index in [0.29, 0.717) is 17.6 Å². The fraction of sp³-hybridized carbons (Fsp3) is 0.500. The molecular weight excluding hydrogens is 270 g/mol. The lowest BCUT2D eigenvalue weighted by atomic mass is 10.2. The Morgan fingerprint density at radius 2 is 1.89 bits per heavy atom. The summed E-state index contributed by atoms with van der Waals surface area (Å²) in [7, 11) is -2.32. The molecular formula is C12H19NO5S. The van der Waals surface area contributed by atoms with Crippen LogP contribution in [0.4, 0.5) is 5.69 Å². The maximum atomic E-state index is 10.6. The standard InChI is InChI=1S/C12H19NO5S/c1-3-13(2,7-4-8-19(16,17)18)10-5-6-11(14)12(15)9-10/h5-6,9H,3-4,7-8H2,1-2H3,(H2-,14,15,16,17,18). The van der Waals surface area contributed by atoms with Crippen molar-refractivity contribution >= 4 is 15.8 Å². The van der Waals surface area contributed by atoms with E-state index in [1.54, 1.807) is 6.07 Å². The van der Waals surface area contributed by atoms with Gasteiger partial charge in [0.1, 0.15) is 5.69 Å². The average molecular weight is 289 g/mol. The predicted molar refractivity (Wildman–Crippen MR) is 72.1 cm³/mol. The third-order valence-electron chi connectivity index (χ3n) is 3.33. The van der Waals surface area contributed by atoms with Crippen LogP contribution >= 0.6 is 0 Å². The van der Waals surface area contributed by atoms with Crippen molar-refractivity contribution in [3.63, 3.8) is 0 Å². The molecule has 0 fully saturated rings. The van der Waals surface area contributed by atoms with Crippen LogP contribution in [0.2, 0.25) is 0 Å². The summed E-state index contributed by atoms with van der Waals surface area (Å²) in [6, 6.07) is 4.51. The van der Waals surface area contributed by atoms with Gasteiger partial charge in [-0.2, -0.15) is 0 Å². The highest BCUT2D eigenvalue weighted by atomic mass is 32.2. The Hall–Kier alpha value is -1.31. The maximum Gasteiger partial charge on any atom is 0.163 e. The first-order chi connectivity index (χ1) is 8.68. The van der Waals surface area contributed by atoms with Gasteiger partial charge in [-0.1, -0.05) is 0 Å². The van der Waals surface area contributed by atoms with E-state index < -0.39 is 15.9 Å². The van der Waals surface area contributed by atoms with E-state index in [-0.39, 0.29) is 17.9 Å². The number of phenolic OH excluding ortho intramolecular Hbond substituents is 2. The first-order valence-electron chi connectivity index (χ1n) is 5.98. The van der Waals surface area contributed by atoms with Crippen LogP contribution in [0, 0.1) is 0 Å². The van der Waals surface area contributed by atoms with E-state index >= 15 is 0 Å². The molecule has 108 valence electrons. The number of quaternary nitrogens is 1. The predicted octanol–water partition coefficient (Wildman–Crippen LogP) is 0.990. The monoisotopic (exact) mass is 289 g/mol. The first-order valence-corrected chi connectivity index (χ1v) is 7.56. The van der Waals surface area contributed by atoms with E-state index in [1.807, 2.05) is 14.0 Å². The van der Waals surface area contributed by atoms with Crippen molar-refractivity contribution in [3.8, 4) is 11.5 Å². The lowest BCUT2D eigenvalue weighted by molar-refractivity contribution is 0.341. The van der Waals surface area contributed by atoms with Crippen LogP contribution in [0.5, 0.6) is 11.5 Å². The van der Waals surface area contributed by atoms with Crippen molar-refractivity contribution in [2.75, 3.05) is 25.9 Å². The van der Waals surface area contributed by atoms with Gasteiger partial charge in [-0.15, -0.1) is 0 Å². The third-order valence-corrected chi connectivity index (χ3v) is 4.11. The molecule has 0 radical (unpaired) electrons. The Kier molecular flexibility index (Phi) is 4.78. The fourth-order valence-corrected chi connectivity index (χ4v) is 2.39. The van der Waals surface area contributed by atoms with Crippen molar-refractivity contribution in [2.24, 2.45) is 0 Å². The van der Waals surface area contributed by atoms with Gasteiger partial charge < -0.3 is 14.8 Å². The Morgan fingerprint density at radius 1 is 1.26 bits per heavy atom. The molecule has 0 aliphatic carbocycles. The minimum absolute atomic E-state index is 0.200. The molecule has 0 amide bonds. The molecule has 0 aliphatic rings. The van der Waals surface area contributed by atoms with Gasteiger partial charge in [-0.3, -0.25) is 4.48 Å². The number of phenols is 2. The average Bonchev–Trinajstić information content (AvgIpc) is 2.30. The SMILES string of the molecule is CC[N+](C)(CCCS(=O)(=O)[O-])c1ccc(O)c(O)c1. The number of nitrogens with zero attached hydrogens (tertiary/aromatic N) is 1. The van der Waals surface area contributed by atoms with Crippen LogP contribution in [0.1, 0.15) is 13.3 Å². The largest absolute Gasteiger partial charge is 0.748 e. The second-order valence-corrected chi connectivity index (χ2v) is 6.25. The van der Waals surface area contributed by atoms with Gasteiger partial charge >= 0.3 is 0 Å². The van der Waals surface area contributed by atoms with E-state index in [9.17, 15) is 23.2 Å². The lowest BCUT2D eigenvalue weighted by Gasteiger charge is -2.33. The van der Waals surface area contributed by atoms with Gasteiger partial charge in [-0.25, -0.2) is 8.42 Å². The van der Waals surface area contributed by atoms with Gasteiger partial charge in [0, 0.05) is 24.3 Å². The van der Waals surface area contributed by atoms with Crippen molar-refractivity contribution in [1.29, 1.82) is 0 Å². The summed E-state index contributed by atoms with van der Waals surface area (Å²) in [5, 5.41) is 18.8. The summed E-state index contributed by atoms with van der Waals surface area (Å²) >= 11 is 0. The highest BCUT2D eigenvalue weighted by Gasteiger charge is 2.23. The van der Waals surface area contributed by atoms with E-state index in [1.165, 1.54) is 12.1 Å². The molecule has 0 spiro atoms. The van der Waals surface area contributed by atoms with Crippen LogP contribution in [0.15, 0.2) is 18.2 Å². The molecule has 7 heteroatoms. The Balaban J connectivity index is 2.87.